The van der Waals surface area contributed by atoms with Crippen LogP contribution in [-0.2, 0) is 20.2 Å². The molecule has 1 aromatic carbocycles. The minimum atomic E-state index is -3.43. The van der Waals surface area contributed by atoms with Crippen molar-refractivity contribution in [3.63, 3.8) is 0 Å². The first-order valence-corrected chi connectivity index (χ1v) is 9.42. The van der Waals surface area contributed by atoms with Crippen molar-refractivity contribution in [1.29, 1.82) is 0 Å². The summed E-state index contributed by atoms with van der Waals surface area (Å²) in [5.41, 5.74) is 1.26. The van der Waals surface area contributed by atoms with Gasteiger partial charge in [0.15, 0.2) is 0 Å². The van der Waals surface area contributed by atoms with Crippen LogP contribution < -0.4 is 4.72 Å². The molecule has 1 fully saturated rings. The van der Waals surface area contributed by atoms with E-state index in [-0.39, 0.29) is 19.0 Å². The molecule has 2 atom stereocenters. The van der Waals surface area contributed by atoms with Crippen LogP contribution in [0.1, 0.15) is 25.0 Å². The van der Waals surface area contributed by atoms with Crippen LogP contribution in [0.3, 0.4) is 0 Å². The van der Waals surface area contributed by atoms with Gasteiger partial charge in [-0.1, -0.05) is 29.8 Å². The minimum Gasteiger partial charge on any atom is -0.390 e. The fraction of sp³-hybridized carbons (Fsp3) is 0.562. The maximum atomic E-state index is 12.8. The molecule has 23 heavy (non-hydrogen) atoms. The van der Waals surface area contributed by atoms with Crippen LogP contribution in [0.25, 0.3) is 0 Å². The van der Waals surface area contributed by atoms with E-state index in [1.54, 1.807) is 0 Å². The lowest BCUT2D eigenvalue weighted by molar-refractivity contribution is -0.135. The van der Waals surface area contributed by atoms with Crippen LogP contribution >= 0.6 is 0 Å². The molecule has 1 aromatic rings. The summed E-state index contributed by atoms with van der Waals surface area (Å²) < 4.78 is 25.0. The van der Waals surface area contributed by atoms with Crippen molar-refractivity contribution in [1.82, 2.24) is 9.62 Å². The summed E-state index contributed by atoms with van der Waals surface area (Å²) in [4.78, 5) is 14.4. The highest BCUT2D eigenvalue weighted by Gasteiger charge is 2.41. The van der Waals surface area contributed by atoms with Crippen molar-refractivity contribution in [3.8, 4) is 0 Å². The maximum absolute atomic E-state index is 12.8. The third-order valence-corrected chi connectivity index (χ3v) is 4.98. The average Bonchev–Trinajstić information content (AvgIpc) is 2.77. The molecular formula is C16H24N2O4S. The van der Waals surface area contributed by atoms with Gasteiger partial charge >= 0.3 is 0 Å². The molecule has 1 aliphatic rings. The summed E-state index contributed by atoms with van der Waals surface area (Å²) in [5.74, 6) is -0.127. The quantitative estimate of drug-likeness (QED) is 0.830. The van der Waals surface area contributed by atoms with E-state index < -0.39 is 27.6 Å². The molecule has 0 unspecified atom stereocenters. The summed E-state index contributed by atoms with van der Waals surface area (Å²) in [6, 6.07) is 7.09. The lowest BCUT2D eigenvalue weighted by Crippen LogP contribution is -2.44. The second-order valence-electron chi connectivity index (χ2n) is 6.77. The molecule has 0 radical (unpaired) electrons. The lowest BCUT2D eigenvalue weighted by atomic mass is 9.83. The molecule has 0 spiro atoms. The van der Waals surface area contributed by atoms with Gasteiger partial charge in [0, 0.05) is 13.1 Å². The van der Waals surface area contributed by atoms with Gasteiger partial charge < -0.3 is 10.0 Å². The smallest absolute Gasteiger partial charge is 0.232 e. The Morgan fingerprint density at radius 1 is 1.26 bits per heavy atom. The van der Waals surface area contributed by atoms with Crippen LogP contribution in [0.5, 0.6) is 0 Å². The second-order valence-corrected chi connectivity index (χ2v) is 8.55. The van der Waals surface area contributed by atoms with E-state index in [0.29, 0.717) is 0 Å². The van der Waals surface area contributed by atoms with E-state index >= 15 is 0 Å². The monoisotopic (exact) mass is 340 g/mol. The van der Waals surface area contributed by atoms with E-state index in [1.165, 1.54) is 4.90 Å². The first kappa shape index (κ1) is 17.9. The van der Waals surface area contributed by atoms with E-state index in [0.717, 1.165) is 17.4 Å². The standard InChI is InChI=1S/C16H24N2O4S/c1-11-5-7-12(8-6-11)16(2,3)15(20)18-9-13(14(19)10-18)17-23(4,21)22/h5-8,13-14,17,19H,9-10H2,1-4H3/t13-,14-/m1/s1. The number of benzene rings is 1. The second kappa shape index (κ2) is 6.22. The Balaban J connectivity index is 2.15. The Labute approximate surface area is 137 Å². The fourth-order valence-electron chi connectivity index (χ4n) is 2.83. The lowest BCUT2D eigenvalue weighted by Gasteiger charge is -2.29. The van der Waals surface area contributed by atoms with Crippen LogP contribution in [0.2, 0.25) is 0 Å². The van der Waals surface area contributed by atoms with Gasteiger partial charge in [0.2, 0.25) is 15.9 Å². The highest BCUT2D eigenvalue weighted by molar-refractivity contribution is 7.88. The van der Waals surface area contributed by atoms with Crippen LogP contribution in [0, 0.1) is 6.92 Å². The largest absolute Gasteiger partial charge is 0.390 e. The number of carbonyl (C=O) groups is 1. The number of likely N-dealkylation sites (tertiary alicyclic amines) is 1. The van der Waals surface area contributed by atoms with E-state index in [2.05, 4.69) is 4.72 Å². The van der Waals surface area contributed by atoms with Gasteiger partial charge in [-0.05, 0) is 26.3 Å². The molecule has 1 amide bonds. The topological polar surface area (TPSA) is 86.7 Å². The summed E-state index contributed by atoms with van der Waals surface area (Å²) >= 11 is 0. The van der Waals surface area contributed by atoms with Gasteiger partial charge in [0.05, 0.1) is 23.8 Å². The molecule has 0 bridgehead atoms. The molecule has 0 aliphatic carbocycles. The number of rotatable bonds is 4. The van der Waals surface area contributed by atoms with Crippen LogP contribution in [0.15, 0.2) is 24.3 Å². The molecular weight excluding hydrogens is 316 g/mol. The minimum absolute atomic E-state index is 0.126. The van der Waals surface area contributed by atoms with Crippen molar-refractivity contribution in [2.45, 2.75) is 38.3 Å². The number of aryl methyl sites for hydroxylation is 1. The zero-order chi connectivity index (χ0) is 17.4. The van der Waals surface area contributed by atoms with E-state index in [9.17, 15) is 18.3 Å². The number of nitrogens with zero attached hydrogens (tertiary/aromatic N) is 1. The summed E-state index contributed by atoms with van der Waals surface area (Å²) in [6.45, 7) is 5.95. The molecule has 6 nitrogen and oxygen atoms in total. The first-order valence-electron chi connectivity index (χ1n) is 7.52. The third-order valence-electron chi connectivity index (χ3n) is 4.25. The van der Waals surface area contributed by atoms with Gasteiger partial charge in [-0.3, -0.25) is 4.79 Å². The number of β-amino-alcohol motifs (C(OH)–C–C–N with tert-alkyl or cyclic N) is 1. The van der Waals surface area contributed by atoms with Crippen LogP contribution in [0.4, 0.5) is 0 Å². The number of hydrogen-bond acceptors (Lipinski definition) is 4. The van der Waals surface area contributed by atoms with Gasteiger partial charge in [-0.2, -0.15) is 0 Å². The third kappa shape index (κ3) is 4.10. The van der Waals surface area contributed by atoms with Crippen molar-refractivity contribution in [2.75, 3.05) is 19.3 Å². The molecule has 2 N–H and O–H groups in total. The van der Waals surface area contributed by atoms with Gasteiger partial charge in [0.25, 0.3) is 0 Å². The highest BCUT2D eigenvalue weighted by Crippen LogP contribution is 2.28. The number of hydrogen-bond donors (Lipinski definition) is 2. The number of aliphatic hydroxyl groups is 1. The Morgan fingerprint density at radius 3 is 2.35 bits per heavy atom. The van der Waals surface area contributed by atoms with Crippen LogP contribution in [-0.4, -0.2) is 55.8 Å². The fourth-order valence-corrected chi connectivity index (χ4v) is 3.61. The first-order chi connectivity index (χ1) is 10.5. The molecule has 1 saturated heterocycles. The zero-order valence-electron chi connectivity index (χ0n) is 13.9. The van der Waals surface area contributed by atoms with Gasteiger partial charge in [0.1, 0.15) is 0 Å². The number of amides is 1. The summed E-state index contributed by atoms with van der Waals surface area (Å²) in [6.07, 6.45) is 0.142. The van der Waals surface area contributed by atoms with E-state index in [1.807, 2.05) is 45.0 Å². The number of sulfonamides is 1. The molecule has 0 saturated carbocycles. The van der Waals surface area contributed by atoms with E-state index in [4.69, 9.17) is 0 Å². The molecule has 1 aliphatic heterocycles. The summed E-state index contributed by atoms with van der Waals surface area (Å²) in [5, 5.41) is 10.0. The summed E-state index contributed by atoms with van der Waals surface area (Å²) in [7, 11) is -3.43. The van der Waals surface area contributed by atoms with Crippen molar-refractivity contribution in [2.24, 2.45) is 0 Å². The van der Waals surface area contributed by atoms with Gasteiger partial charge in [-0.15, -0.1) is 0 Å². The SMILES string of the molecule is Cc1ccc(C(C)(C)C(=O)N2C[C@@H](O)[C@H](NS(C)(=O)=O)C2)cc1. The Hall–Kier alpha value is -1.44. The van der Waals surface area contributed by atoms with Crippen molar-refractivity contribution >= 4 is 15.9 Å². The van der Waals surface area contributed by atoms with Crippen molar-refractivity contribution in [3.05, 3.63) is 35.4 Å². The Kier molecular flexibility index (Phi) is 4.84. The average molecular weight is 340 g/mol. The Morgan fingerprint density at radius 2 is 1.83 bits per heavy atom. The number of carbonyl (C=O) groups excluding carboxylic acids is 1. The molecule has 7 heteroatoms. The molecule has 1 heterocycles. The predicted octanol–water partition coefficient (Wildman–Crippen LogP) is 0.394. The molecule has 2 rings (SSSR count). The Bertz CT molecular complexity index is 683. The zero-order valence-corrected chi connectivity index (χ0v) is 14.7. The highest BCUT2D eigenvalue weighted by atomic mass is 32.2. The number of aliphatic hydroxyl groups excluding tert-OH is 1. The number of nitrogens with one attached hydrogen (secondary N) is 1. The molecule has 0 aromatic heterocycles. The maximum Gasteiger partial charge on any atom is 0.232 e. The predicted molar refractivity (Wildman–Crippen MR) is 88.6 cm³/mol. The molecule has 128 valence electrons. The normalized spacial score (nSPS) is 22.4. The van der Waals surface area contributed by atoms with Crippen molar-refractivity contribution < 1.29 is 18.3 Å². The van der Waals surface area contributed by atoms with Gasteiger partial charge in [-0.25, -0.2) is 13.1 Å².